The number of amides is 1. The van der Waals surface area contributed by atoms with Crippen molar-refractivity contribution in [3.63, 3.8) is 0 Å². The summed E-state index contributed by atoms with van der Waals surface area (Å²) in [4.78, 5) is 25.5. The van der Waals surface area contributed by atoms with E-state index in [2.05, 4.69) is 10.2 Å². The zero-order chi connectivity index (χ0) is 16.2. The van der Waals surface area contributed by atoms with E-state index in [1.807, 2.05) is 29.2 Å². The van der Waals surface area contributed by atoms with Crippen molar-refractivity contribution in [2.75, 3.05) is 13.7 Å². The predicted octanol–water partition coefficient (Wildman–Crippen LogP) is 1.63. The highest BCUT2D eigenvalue weighted by molar-refractivity contribution is 5.92. The molecule has 6 heteroatoms. The number of likely N-dealkylation sites (tertiary alicyclic amines) is 1. The average Bonchev–Trinajstić information content (AvgIpc) is 3.03. The number of carbonyl (C=O) groups is 1. The Labute approximate surface area is 134 Å². The molecule has 1 atom stereocenters. The van der Waals surface area contributed by atoms with Crippen molar-refractivity contribution in [1.29, 1.82) is 0 Å². The fraction of sp³-hybridized carbons (Fsp3) is 0.353. The summed E-state index contributed by atoms with van der Waals surface area (Å²) in [7, 11) is 1.65. The molecule has 1 amide bonds. The summed E-state index contributed by atoms with van der Waals surface area (Å²) in [5.41, 5.74) is 1.05. The SMILES string of the molecule is COc1ccccc1C[C@H]1CCCN1C(=O)c1ccc(=O)[nH]n1. The monoisotopic (exact) mass is 313 g/mol. The van der Waals surface area contributed by atoms with Gasteiger partial charge in [0.15, 0.2) is 0 Å². The van der Waals surface area contributed by atoms with Crippen LogP contribution in [-0.4, -0.2) is 40.7 Å². The number of aromatic amines is 1. The van der Waals surface area contributed by atoms with Crippen LogP contribution in [0.2, 0.25) is 0 Å². The van der Waals surface area contributed by atoms with E-state index in [-0.39, 0.29) is 23.2 Å². The number of carbonyl (C=O) groups excluding carboxylic acids is 1. The summed E-state index contributed by atoms with van der Waals surface area (Å²) in [6.07, 6.45) is 2.67. The number of para-hydroxylation sites is 1. The van der Waals surface area contributed by atoms with Gasteiger partial charge in [0, 0.05) is 18.7 Å². The molecule has 0 saturated carbocycles. The quantitative estimate of drug-likeness (QED) is 0.931. The number of aromatic nitrogens is 2. The van der Waals surface area contributed by atoms with Gasteiger partial charge in [-0.25, -0.2) is 5.10 Å². The molecule has 2 heterocycles. The highest BCUT2D eigenvalue weighted by atomic mass is 16.5. The zero-order valence-corrected chi connectivity index (χ0v) is 13.0. The normalized spacial score (nSPS) is 17.3. The lowest BCUT2D eigenvalue weighted by molar-refractivity contribution is 0.0728. The second-order valence-corrected chi connectivity index (χ2v) is 5.62. The number of H-pyrrole nitrogens is 1. The fourth-order valence-corrected chi connectivity index (χ4v) is 3.05. The first kappa shape index (κ1) is 15.3. The van der Waals surface area contributed by atoms with Crippen LogP contribution in [0.3, 0.4) is 0 Å². The van der Waals surface area contributed by atoms with Crippen LogP contribution in [0.5, 0.6) is 5.75 Å². The van der Waals surface area contributed by atoms with Crippen molar-refractivity contribution in [2.24, 2.45) is 0 Å². The number of benzene rings is 1. The Hall–Kier alpha value is -2.63. The third kappa shape index (κ3) is 3.26. The Morgan fingerprint density at radius 1 is 1.35 bits per heavy atom. The first-order chi connectivity index (χ1) is 11.2. The molecule has 0 unspecified atom stereocenters. The van der Waals surface area contributed by atoms with Gasteiger partial charge in [0.05, 0.1) is 7.11 Å². The second kappa shape index (κ2) is 6.64. The maximum atomic E-state index is 12.6. The topological polar surface area (TPSA) is 75.3 Å². The van der Waals surface area contributed by atoms with Gasteiger partial charge in [-0.1, -0.05) is 18.2 Å². The summed E-state index contributed by atoms with van der Waals surface area (Å²) in [6, 6.07) is 10.8. The molecule has 0 bridgehead atoms. The maximum absolute atomic E-state index is 12.6. The molecule has 1 aromatic heterocycles. The number of rotatable bonds is 4. The Bertz CT molecular complexity index is 736. The molecule has 0 spiro atoms. The van der Waals surface area contributed by atoms with Gasteiger partial charge in [-0.2, -0.15) is 5.10 Å². The number of hydrogen-bond donors (Lipinski definition) is 1. The van der Waals surface area contributed by atoms with E-state index in [4.69, 9.17) is 4.74 Å². The van der Waals surface area contributed by atoms with Crippen molar-refractivity contribution >= 4 is 5.91 Å². The van der Waals surface area contributed by atoms with E-state index < -0.39 is 0 Å². The summed E-state index contributed by atoms with van der Waals surface area (Å²) in [5, 5.41) is 6.16. The molecule has 2 aromatic rings. The molecule has 120 valence electrons. The Kier molecular flexibility index (Phi) is 4.41. The van der Waals surface area contributed by atoms with Gasteiger partial charge in [-0.15, -0.1) is 0 Å². The van der Waals surface area contributed by atoms with Crippen molar-refractivity contribution < 1.29 is 9.53 Å². The third-order valence-corrected chi connectivity index (χ3v) is 4.18. The summed E-state index contributed by atoms with van der Waals surface area (Å²) in [6.45, 7) is 0.708. The zero-order valence-electron chi connectivity index (χ0n) is 13.0. The predicted molar refractivity (Wildman–Crippen MR) is 85.6 cm³/mol. The van der Waals surface area contributed by atoms with E-state index in [1.165, 1.54) is 12.1 Å². The third-order valence-electron chi connectivity index (χ3n) is 4.18. The van der Waals surface area contributed by atoms with Crippen LogP contribution >= 0.6 is 0 Å². The van der Waals surface area contributed by atoms with Crippen LogP contribution < -0.4 is 10.3 Å². The van der Waals surface area contributed by atoms with E-state index in [0.717, 1.165) is 30.6 Å². The van der Waals surface area contributed by atoms with Crippen molar-refractivity contribution in [1.82, 2.24) is 15.1 Å². The van der Waals surface area contributed by atoms with Gasteiger partial charge in [-0.05, 0) is 37.0 Å². The number of hydrogen-bond acceptors (Lipinski definition) is 4. The smallest absolute Gasteiger partial charge is 0.274 e. The van der Waals surface area contributed by atoms with Crippen LogP contribution in [0.15, 0.2) is 41.2 Å². The molecular weight excluding hydrogens is 294 g/mol. The lowest BCUT2D eigenvalue weighted by Crippen LogP contribution is -2.37. The van der Waals surface area contributed by atoms with E-state index in [9.17, 15) is 9.59 Å². The molecule has 23 heavy (non-hydrogen) atoms. The minimum absolute atomic E-state index is 0.118. The fourth-order valence-electron chi connectivity index (χ4n) is 3.05. The molecule has 0 aliphatic carbocycles. The minimum Gasteiger partial charge on any atom is -0.496 e. The van der Waals surface area contributed by atoms with Crippen molar-refractivity contribution in [2.45, 2.75) is 25.3 Å². The molecule has 0 radical (unpaired) electrons. The van der Waals surface area contributed by atoms with Gasteiger partial charge in [0.25, 0.3) is 11.5 Å². The molecule has 1 saturated heterocycles. The molecular formula is C17H19N3O3. The lowest BCUT2D eigenvalue weighted by Gasteiger charge is -2.25. The Morgan fingerprint density at radius 3 is 2.91 bits per heavy atom. The highest BCUT2D eigenvalue weighted by Crippen LogP contribution is 2.26. The van der Waals surface area contributed by atoms with Gasteiger partial charge in [0.1, 0.15) is 11.4 Å². The molecule has 3 rings (SSSR count). The number of nitrogens with one attached hydrogen (secondary N) is 1. The Balaban J connectivity index is 1.78. The summed E-state index contributed by atoms with van der Waals surface area (Å²) < 4.78 is 5.39. The van der Waals surface area contributed by atoms with Gasteiger partial charge in [0.2, 0.25) is 0 Å². The molecule has 1 aliphatic heterocycles. The Morgan fingerprint density at radius 2 is 2.17 bits per heavy atom. The summed E-state index contributed by atoms with van der Waals surface area (Å²) in [5.74, 6) is 0.701. The highest BCUT2D eigenvalue weighted by Gasteiger charge is 2.30. The van der Waals surface area contributed by atoms with Crippen LogP contribution in [0.4, 0.5) is 0 Å². The number of nitrogens with zero attached hydrogens (tertiary/aromatic N) is 2. The lowest BCUT2D eigenvalue weighted by atomic mass is 10.0. The largest absolute Gasteiger partial charge is 0.496 e. The minimum atomic E-state index is -0.312. The van der Waals surface area contributed by atoms with Crippen LogP contribution in [-0.2, 0) is 6.42 Å². The number of methoxy groups -OCH3 is 1. The van der Waals surface area contributed by atoms with Crippen LogP contribution in [0.1, 0.15) is 28.9 Å². The maximum Gasteiger partial charge on any atom is 0.274 e. The van der Waals surface area contributed by atoms with Crippen LogP contribution in [0.25, 0.3) is 0 Å². The second-order valence-electron chi connectivity index (χ2n) is 5.62. The molecule has 1 aromatic carbocycles. The molecule has 1 fully saturated rings. The molecule has 6 nitrogen and oxygen atoms in total. The van der Waals surface area contributed by atoms with E-state index in [0.29, 0.717) is 6.54 Å². The summed E-state index contributed by atoms with van der Waals surface area (Å²) >= 11 is 0. The van der Waals surface area contributed by atoms with Gasteiger partial charge in [-0.3, -0.25) is 9.59 Å². The van der Waals surface area contributed by atoms with E-state index in [1.54, 1.807) is 7.11 Å². The standard InChI is InChI=1S/C17H19N3O3/c1-23-15-7-3-2-5-12(15)11-13-6-4-10-20(13)17(22)14-8-9-16(21)19-18-14/h2-3,5,7-9,13H,4,6,10-11H2,1H3,(H,19,21)/t13-/m1/s1. The van der Waals surface area contributed by atoms with Crippen molar-refractivity contribution in [3.05, 3.63) is 58.0 Å². The van der Waals surface area contributed by atoms with Gasteiger partial charge < -0.3 is 9.64 Å². The van der Waals surface area contributed by atoms with Crippen molar-refractivity contribution in [3.8, 4) is 5.75 Å². The van der Waals surface area contributed by atoms with E-state index >= 15 is 0 Å². The van der Waals surface area contributed by atoms with Gasteiger partial charge >= 0.3 is 0 Å². The van der Waals surface area contributed by atoms with Crippen LogP contribution in [0, 0.1) is 0 Å². The average molecular weight is 313 g/mol. The molecule has 1 aliphatic rings. The number of ether oxygens (including phenoxy) is 1. The first-order valence-corrected chi connectivity index (χ1v) is 7.67. The molecule has 1 N–H and O–H groups in total. The first-order valence-electron chi connectivity index (χ1n) is 7.67.